The first-order valence-electron chi connectivity index (χ1n) is 7.11. The zero-order chi connectivity index (χ0) is 13.2. The van der Waals surface area contributed by atoms with Gasteiger partial charge in [-0.3, -0.25) is 4.98 Å². The molecule has 18 heavy (non-hydrogen) atoms. The molecule has 0 spiro atoms. The molecule has 0 amide bonds. The van der Waals surface area contributed by atoms with E-state index in [1.54, 1.807) is 12.3 Å². The highest BCUT2D eigenvalue weighted by atomic mass is 19.1. The lowest BCUT2D eigenvalue weighted by atomic mass is 10.0. The van der Waals surface area contributed by atoms with Crippen molar-refractivity contribution in [2.75, 3.05) is 0 Å². The second-order valence-electron chi connectivity index (χ2n) is 4.89. The van der Waals surface area contributed by atoms with Crippen LogP contribution in [0.25, 0.3) is 0 Å². The second-order valence-corrected chi connectivity index (χ2v) is 4.89. The molecule has 0 saturated heterocycles. The van der Waals surface area contributed by atoms with Crippen molar-refractivity contribution in [1.29, 1.82) is 0 Å². The van der Waals surface area contributed by atoms with Crippen LogP contribution in [-0.4, -0.2) is 4.98 Å². The number of nitrogens with zero attached hydrogens (tertiary/aromatic N) is 1. The van der Waals surface area contributed by atoms with Crippen LogP contribution in [0.4, 0.5) is 4.39 Å². The molecule has 1 aromatic heterocycles. The average Bonchev–Trinajstić information content (AvgIpc) is 2.38. The maximum Gasteiger partial charge on any atom is 0.146 e. The van der Waals surface area contributed by atoms with Gasteiger partial charge >= 0.3 is 0 Å². The average molecular weight is 252 g/mol. The summed E-state index contributed by atoms with van der Waals surface area (Å²) in [6.45, 7) is 2.22. The highest BCUT2D eigenvalue weighted by molar-refractivity contribution is 5.10. The van der Waals surface area contributed by atoms with Gasteiger partial charge in [0.15, 0.2) is 0 Å². The van der Waals surface area contributed by atoms with Gasteiger partial charge in [0.05, 0.1) is 5.69 Å². The fourth-order valence-electron chi connectivity index (χ4n) is 2.13. The Morgan fingerprint density at radius 2 is 1.83 bits per heavy atom. The summed E-state index contributed by atoms with van der Waals surface area (Å²) in [5, 5.41) is 0. The molecular formula is C15H25FN2. The third-order valence-electron chi connectivity index (χ3n) is 3.26. The van der Waals surface area contributed by atoms with Gasteiger partial charge in [0.25, 0.3) is 0 Å². The van der Waals surface area contributed by atoms with E-state index in [0.29, 0.717) is 5.69 Å². The van der Waals surface area contributed by atoms with Crippen LogP contribution in [0.3, 0.4) is 0 Å². The van der Waals surface area contributed by atoms with Crippen LogP contribution in [0.2, 0.25) is 0 Å². The normalized spacial score (nSPS) is 12.6. The highest BCUT2D eigenvalue weighted by Gasteiger charge is 2.11. The molecular weight excluding hydrogens is 227 g/mol. The van der Waals surface area contributed by atoms with Crippen molar-refractivity contribution < 1.29 is 4.39 Å². The van der Waals surface area contributed by atoms with Crippen molar-refractivity contribution in [3.05, 3.63) is 29.8 Å². The summed E-state index contributed by atoms with van der Waals surface area (Å²) < 4.78 is 13.4. The summed E-state index contributed by atoms with van der Waals surface area (Å²) >= 11 is 0. The number of nitrogens with two attached hydrogens (primary N) is 1. The van der Waals surface area contributed by atoms with E-state index in [-0.39, 0.29) is 11.9 Å². The van der Waals surface area contributed by atoms with Crippen molar-refractivity contribution in [2.45, 2.75) is 64.3 Å². The van der Waals surface area contributed by atoms with Crippen molar-refractivity contribution in [2.24, 2.45) is 5.73 Å². The molecule has 3 heteroatoms. The Balaban J connectivity index is 2.14. The minimum atomic E-state index is -0.284. The Hall–Kier alpha value is -0.960. The van der Waals surface area contributed by atoms with E-state index in [1.807, 2.05) is 0 Å². The van der Waals surface area contributed by atoms with Crippen LogP contribution in [0.5, 0.6) is 0 Å². The third kappa shape index (κ3) is 5.58. The van der Waals surface area contributed by atoms with E-state index in [1.165, 1.54) is 44.6 Å². The van der Waals surface area contributed by atoms with Crippen LogP contribution in [0.15, 0.2) is 18.3 Å². The lowest BCUT2D eigenvalue weighted by Gasteiger charge is -2.11. The van der Waals surface area contributed by atoms with Gasteiger partial charge in [-0.05, 0) is 18.6 Å². The fourth-order valence-corrected chi connectivity index (χ4v) is 2.13. The minimum Gasteiger partial charge on any atom is -0.323 e. The predicted molar refractivity (Wildman–Crippen MR) is 73.7 cm³/mol. The molecule has 0 aromatic carbocycles. The monoisotopic (exact) mass is 252 g/mol. The van der Waals surface area contributed by atoms with Gasteiger partial charge in [-0.1, -0.05) is 51.9 Å². The number of unbranched alkanes of at least 4 members (excludes halogenated alkanes) is 6. The summed E-state index contributed by atoms with van der Waals surface area (Å²) in [6, 6.07) is 2.76. The molecule has 1 aromatic rings. The van der Waals surface area contributed by atoms with Crippen LogP contribution in [0, 0.1) is 5.82 Å². The number of halogens is 1. The van der Waals surface area contributed by atoms with Gasteiger partial charge in [0.1, 0.15) is 5.82 Å². The molecule has 1 unspecified atom stereocenters. The maximum absolute atomic E-state index is 13.4. The minimum absolute atomic E-state index is 0.262. The molecule has 0 aliphatic carbocycles. The summed E-state index contributed by atoms with van der Waals surface area (Å²) in [4.78, 5) is 4.02. The Morgan fingerprint density at radius 1 is 1.17 bits per heavy atom. The molecule has 1 rings (SSSR count). The van der Waals surface area contributed by atoms with Crippen molar-refractivity contribution in [3.63, 3.8) is 0 Å². The molecule has 0 aliphatic heterocycles. The second kappa shape index (κ2) is 9.03. The molecule has 0 radical (unpaired) electrons. The summed E-state index contributed by atoms with van der Waals surface area (Å²) in [7, 11) is 0. The van der Waals surface area contributed by atoms with Gasteiger partial charge in [-0.2, -0.15) is 0 Å². The van der Waals surface area contributed by atoms with E-state index in [9.17, 15) is 4.39 Å². The highest BCUT2D eigenvalue weighted by Crippen LogP contribution is 2.18. The summed E-state index contributed by atoms with van der Waals surface area (Å²) in [5.74, 6) is -0.284. The van der Waals surface area contributed by atoms with Crippen LogP contribution in [0.1, 0.15) is 70.0 Å². The van der Waals surface area contributed by atoms with Gasteiger partial charge in [0, 0.05) is 12.2 Å². The number of rotatable bonds is 9. The maximum atomic E-state index is 13.4. The van der Waals surface area contributed by atoms with Crippen molar-refractivity contribution in [1.82, 2.24) is 4.98 Å². The van der Waals surface area contributed by atoms with E-state index in [2.05, 4.69) is 11.9 Å². The van der Waals surface area contributed by atoms with Crippen molar-refractivity contribution in [3.8, 4) is 0 Å². The number of hydrogen-bond acceptors (Lipinski definition) is 2. The smallest absolute Gasteiger partial charge is 0.146 e. The largest absolute Gasteiger partial charge is 0.323 e. The molecule has 0 bridgehead atoms. The Bertz CT molecular complexity index is 328. The molecule has 102 valence electrons. The quantitative estimate of drug-likeness (QED) is 0.663. The Kier molecular flexibility index (Phi) is 7.58. The molecule has 0 fully saturated rings. The summed E-state index contributed by atoms with van der Waals surface area (Å²) in [6.07, 6.45) is 11.2. The van der Waals surface area contributed by atoms with Gasteiger partial charge < -0.3 is 5.73 Å². The fraction of sp³-hybridized carbons (Fsp3) is 0.667. The van der Waals surface area contributed by atoms with Gasteiger partial charge in [-0.15, -0.1) is 0 Å². The first kappa shape index (κ1) is 15.1. The molecule has 1 atom stereocenters. The number of hydrogen-bond donors (Lipinski definition) is 1. The van der Waals surface area contributed by atoms with Crippen LogP contribution >= 0.6 is 0 Å². The predicted octanol–water partition coefficient (Wildman–Crippen LogP) is 4.36. The standard InChI is InChI=1S/C15H25FN2/c1-2-3-4-5-6-7-8-11-14(17)15-13(16)10-9-12-18-15/h9-10,12,14H,2-8,11,17H2,1H3. The SMILES string of the molecule is CCCCCCCCCC(N)c1ncccc1F. The molecule has 1 heterocycles. The van der Waals surface area contributed by atoms with E-state index in [4.69, 9.17) is 5.73 Å². The molecule has 2 N–H and O–H groups in total. The van der Waals surface area contributed by atoms with Gasteiger partial charge in [0.2, 0.25) is 0 Å². The molecule has 0 saturated carbocycles. The topological polar surface area (TPSA) is 38.9 Å². The van der Waals surface area contributed by atoms with E-state index in [0.717, 1.165) is 12.8 Å². The van der Waals surface area contributed by atoms with E-state index < -0.39 is 0 Å². The zero-order valence-corrected chi connectivity index (χ0v) is 11.4. The molecule has 0 aliphatic rings. The Morgan fingerprint density at radius 3 is 2.50 bits per heavy atom. The van der Waals surface area contributed by atoms with Crippen LogP contribution < -0.4 is 5.73 Å². The number of aromatic nitrogens is 1. The van der Waals surface area contributed by atoms with Gasteiger partial charge in [-0.25, -0.2) is 4.39 Å². The zero-order valence-electron chi connectivity index (χ0n) is 11.4. The van der Waals surface area contributed by atoms with Crippen molar-refractivity contribution >= 4 is 0 Å². The number of pyridine rings is 1. The molecule has 2 nitrogen and oxygen atoms in total. The summed E-state index contributed by atoms with van der Waals surface area (Å²) in [5.41, 5.74) is 6.36. The van der Waals surface area contributed by atoms with E-state index >= 15 is 0 Å². The van der Waals surface area contributed by atoms with Crippen LogP contribution in [-0.2, 0) is 0 Å². The lowest BCUT2D eigenvalue weighted by Crippen LogP contribution is -2.13. The Labute approximate surface area is 110 Å². The lowest BCUT2D eigenvalue weighted by molar-refractivity contribution is 0.509. The first-order chi connectivity index (χ1) is 8.75. The first-order valence-corrected chi connectivity index (χ1v) is 7.11. The third-order valence-corrected chi connectivity index (χ3v) is 3.26.